The van der Waals surface area contributed by atoms with Gasteiger partial charge in [-0.15, -0.1) is 11.8 Å². The highest BCUT2D eigenvalue weighted by Crippen LogP contribution is 2.39. The summed E-state index contributed by atoms with van der Waals surface area (Å²) < 4.78 is 0. The molecule has 1 N–H and O–H groups in total. The fourth-order valence-corrected chi connectivity index (χ4v) is 4.86. The Labute approximate surface area is 181 Å². The molecule has 1 amide bonds. The highest BCUT2D eigenvalue weighted by atomic mass is 32.2. The number of fused-ring (bicyclic) bond motifs is 3. The third-order valence-corrected chi connectivity index (χ3v) is 6.77. The molecule has 150 valence electrons. The minimum atomic E-state index is -0.120. The minimum absolute atomic E-state index is 0.0817. The van der Waals surface area contributed by atoms with Crippen molar-refractivity contribution in [3.8, 4) is 0 Å². The number of nitrogens with zero attached hydrogens (tertiary/aromatic N) is 1. The summed E-state index contributed by atoms with van der Waals surface area (Å²) >= 11 is 1.73. The fraction of sp³-hybridized carbons (Fsp3) is 0.192. The number of carbonyl (C=O) groups excluding carboxylic acids is 1. The van der Waals surface area contributed by atoms with Gasteiger partial charge in [-0.2, -0.15) is 0 Å². The minimum Gasteiger partial charge on any atom is -0.356 e. The van der Waals surface area contributed by atoms with Crippen LogP contribution in [0.5, 0.6) is 0 Å². The van der Waals surface area contributed by atoms with E-state index in [0.29, 0.717) is 6.54 Å². The van der Waals surface area contributed by atoms with Crippen LogP contribution < -0.4 is 0 Å². The fourth-order valence-electron chi connectivity index (χ4n) is 4.45. The molecule has 2 heterocycles. The van der Waals surface area contributed by atoms with Crippen molar-refractivity contribution in [2.75, 3.05) is 12.8 Å². The van der Waals surface area contributed by atoms with Crippen LogP contribution in [-0.2, 0) is 6.42 Å². The molecule has 3 aromatic carbocycles. The molecular formula is C26H24N2OS. The van der Waals surface area contributed by atoms with Gasteiger partial charge < -0.3 is 9.88 Å². The second-order valence-corrected chi connectivity index (χ2v) is 8.73. The molecule has 4 heteroatoms. The number of benzene rings is 3. The lowest BCUT2D eigenvalue weighted by Gasteiger charge is -2.36. The summed E-state index contributed by atoms with van der Waals surface area (Å²) in [5, 5.41) is 1.26. The van der Waals surface area contributed by atoms with Crippen molar-refractivity contribution in [2.24, 2.45) is 0 Å². The molecule has 0 saturated carbocycles. The molecule has 30 heavy (non-hydrogen) atoms. The van der Waals surface area contributed by atoms with Gasteiger partial charge in [0.15, 0.2) is 0 Å². The molecule has 0 saturated heterocycles. The summed E-state index contributed by atoms with van der Waals surface area (Å²) in [6, 6.07) is 24.8. The highest BCUT2D eigenvalue weighted by molar-refractivity contribution is 7.98. The summed E-state index contributed by atoms with van der Waals surface area (Å²) in [5.41, 5.74) is 6.65. The van der Waals surface area contributed by atoms with E-state index in [9.17, 15) is 4.79 Å². The van der Waals surface area contributed by atoms with Crippen molar-refractivity contribution in [3.63, 3.8) is 0 Å². The Morgan fingerprint density at radius 2 is 1.73 bits per heavy atom. The maximum Gasteiger partial charge on any atom is 0.254 e. The molecule has 0 bridgehead atoms. The first-order valence-corrected chi connectivity index (χ1v) is 11.5. The van der Waals surface area contributed by atoms with Gasteiger partial charge in [-0.3, -0.25) is 4.79 Å². The van der Waals surface area contributed by atoms with E-state index < -0.39 is 0 Å². The largest absolute Gasteiger partial charge is 0.356 e. The number of aryl methyl sites for hydroxylation is 1. The van der Waals surface area contributed by atoms with Crippen molar-refractivity contribution < 1.29 is 4.79 Å². The molecule has 0 aliphatic carbocycles. The number of nitrogens with one attached hydrogen (secondary N) is 1. The highest BCUT2D eigenvalue weighted by Gasteiger charge is 2.34. The predicted molar refractivity (Wildman–Crippen MR) is 124 cm³/mol. The van der Waals surface area contributed by atoms with Gasteiger partial charge in [-0.25, -0.2) is 0 Å². The summed E-state index contributed by atoms with van der Waals surface area (Å²) in [4.78, 5) is 20.4. The number of para-hydroxylation sites is 1. The Morgan fingerprint density at radius 1 is 1.00 bits per heavy atom. The van der Waals surface area contributed by atoms with Crippen LogP contribution in [-0.4, -0.2) is 28.6 Å². The topological polar surface area (TPSA) is 36.1 Å². The number of thioether (sulfide) groups is 1. The van der Waals surface area contributed by atoms with Crippen LogP contribution in [0.2, 0.25) is 0 Å². The summed E-state index contributed by atoms with van der Waals surface area (Å²) in [6.07, 6.45) is 2.94. The number of H-pyrrole nitrogens is 1. The van der Waals surface area contributed by atoms with Crippen molar-refractivity contribution in [1.82, 2.24) is 9.88 Å². The molecule has 0 fully saturated rings. The molecule has 1 aromatic heterocycles. The first kappa shape index (κ1) is 19.0. The third kappa shape index (κ3) is 3.21. The Hall–Kier alpha value is -2.98. The quantitative estimate of drug-likeness (QED) is 0.420. The molecule has 1 aliphatic rings. The van der Waals surface area contributed by atoms with Crippen LogP contribution in [0, 0.1) is 6.92 Å². The number of aromatic nitrogens is 1. The first-order valence-electron chi connectivity index (χ1n) is 10.3. The number of hydrogen-bond donors (Lipinski definition) is 1. The molecule has 1 aliphatic heterocycles. The maximum atomic E-state index is 13.6. The van der Waals surface area contributed by atoms with E-state index >= 15 is 0 Å². The van der Waals surface area contributed by atoms with Crippen molar-refractivity contribution in [1.29, 1.82) is 0 Å². The molecular weight excluding hydrogens is 388 g/mol. The molecule has 0 radical (unpaired) electrons. The van der Waals surface area contributed by atoms with Crippen LogP contribution in [0.4, 0.5) is 0 Å². The predicted octanol–water partition coefficient (Wildman–Crippen LogP) is 5.99. The summed E-state index contributed by atoms with van der Waals surface area (Å²) in [5.74, 6) is 0.0817. The zero-order chi connectivity index (χ0) is 20.7. The zero-order valence-corrected chi connectivity index (χ0v) is 18.0. The number of rotatable bonds is 3. The SMILES string of the molecule is CSc1ccc([C@@H]2c3[nH]c4ccccc4c3CCN2C(=O)c2ccc(C)cc2)cc1. The lowest BCUT2D eigenvalue weighted by Crippen LogP contribution is -2.40. The number of hydrogen-bond acceptors (Lipinski definition) is 2. The van der Waals surface area contributed by atoms with Gasteiger partial charge in [0, 0.05) is 33.6 Å². The van der Waals surface area contributed by atoms with E-state index in [1.54, 1.807) is 11.8 Å². The van der Waals surface area contributed by atoms with E-state index in [-0.39, 0.29) is 11.9 Å². The van der Waals surface area contributed by atoms with Gasteiger partial charge in [-0.05, 0) is 61.1 Å². The van der Waals surface area contributed by atoms with Crippen LogP contribution in [0.25, 0.3) is 10.9 Å². The summed E-state index contributed by atoms with van der Waals surface area (Å²) in [7, 11) is 0. The Kier molecular flexibility index (Phi) is 4.87. The van der Waals surface area contributed by atoms with Crippen molar-refractivity contribution >= 4 is 28.6 Å². The van der Waals surface area contributed by atoms with Crippen molar-refractivity contribution in [2.45, 2.75) is 24.3 Å². The second-order valence-electron chi connectivity index (χ2n) is 7.85. The Morgan fingerprint density at radius 3 is 2.47 bits per heavy atom. The number of carbonyl (C=O) groups is 1. The van der Waals surface area contributed by atoms with Crippen LogP contribution >= 0.6 is 11.8 Å². The van der Waals surface area contributed by atoms with E-state index in [1.165, 1.54) is 15.8 Å². The average Bonchev–Trinajstić information content (AvgIpc) is 3.17. The normalized spacial score (nSPS) is 15.9. The zero-order valence-electron chi connectivity index (χ0n) is 17.2. The standard InChI is InChI=1S/C26H24N2OS/c1-17-7-9-19(10-8-17)26(29)28-16-15-22-21-5-3-4-6-23(21)27-24(22)25(28)18-11-13-20(30-2)14-12-18/h3-14,25,27H,15-16H2,1-2H3/t25-/m1/s1. The molecule has 5 rings (SSSR count). The van der Waals surface area contributed by atoms with Crippen LogP contribution in [0.1, 0.15) is 38.8 Å². The average molecular weight is 413 g/mol. The van der Waals surface area contributed by atoms with E-state index in [2.05, 4.69) is 59.8 Å². The maximum absolute atomic E-state index is 13.6. The van der Waals surface area contributed by atoms with Crippen LogP contribution in [0.15, 0.2) is 77.7 Å². The van der Waals surface area contributed by atoms with E-state index in [0.717, 1.165) is 34.3 Å². The Balaban J connectivity index is 1.64. The second kappa shape index (κ2) is 7.69. The van der Waals surface area contributed by atoms with E-state index in [1.807, 2.05) is 36.1 Å². The smallest absolute Gasteiger partial charge is 0.254 e. The van der Waals surface area contributed by atoms with Gasteiger partial charge >= 0.3 is 0 Å². The lowest BCUT2D eigenvalue weighted by atomic mass is 9.91. The van der Waals surface area contributed by atoms with Crippen molar-refractivity contribution in [3.05, 3.63) is 101 Å². The summed E-state index contributed by atoms with van der Waals surface area (Å²) in [6.45, 7) is 2.75. The molecule has 4 aromatic rings. The molecule has 1 atom stereocenters. The van der Waals surface area contributed by atoms with Crippen LogP contribution in [0.3, 0.4) is 0 Å². The van der Waals surface area contributed by atoms with Gasteiger partial charge in [0.05, 0.1) is 6.04 Å². The molecule has 3 nitrogen and oxygen atoms in total. The van der Waals surface area contributed by atoms with E-state index in [4.69, 9.17) is 0 Å². The molecule has 0 unspecified atom stereocenters. The number of aromatic amines is 1. The van der Waals surface area contributed by atoms with Gasteiger partial charge in [0.1, 0.15) is 0 Å². The third-order valence-electron chi connectivity index (χ3n) is 6.03. The lowest BCUT2D eigenvalue weighted by molar-refractivity contribution is 0.0692. The van der Waals surface area contributed by atoms with Gasteiger partial charge in [-0.1, -0.05) is 48.0 Å². The van der Waals surface area contributed by atoms with Gasteiger partial charge in [0.25, 0.3) is 5.91 Å². The van der Waals surface area contributed by atoms with Gasteiger partial charge in [0.2, 0.25) is 0 Å². The number of amides is 1. The first-order chi connectivity index (χ1) is 14.7. The molecule has 0 spiro atoms. The monoisotopic (exact) mass is 412 g/mol. The Bertz CT molecular complexity index is 1210.